The molecule has 1 aromatic rings. The second-order valence-electron chi connectivity index (χ2n) is 3.10. The molecular weight excluding hydrogens is 223 g/mol. The summed E-state index contributed by atoms with van der Waals surface area (Å²) >= 11 is 11.8. The average Bonchev–Trinajstić information content (AvgIpc) is 2.19. The molecule has 1 aliphatic rings. The third kappa shape index (κ3) is 2.17. The minimum absolute atomic E-state index is 0.0773. The van der Waals surface area contributed by atoms with Gasteiger partial charge in [-0.15, -0.1) is 0 Å². The first-order chi connectivity index (χ1) is 6.77. The predicted octanol–water partition coefficient (Wildman–Crippen LogP) is 2.05. The number of hydrogen-bond donors (Lipinski definition) is 1. The minimum Gasteiger partial charge on any atom is -0.378 e. The molecule has 1 aliphatic heterocycles. The summed E-state index contributed by atoms with van der Waals surface area (Å²) < 4.78 is 5.33. The van der Waals surface area contributed by atoms with Crippen molar-refractivity contribution in [2.24, 2.45) is 0 Å². The highest BCUT2D eigenvalue weighted by Gasteiger charge is 2.19. The quantitative estimate of drug-likeness (QED) is 0.805. The van der Waals surface area contributed by atoms with E-state index in [1.165, 1.54) is 0 Å². The molecular formula is C9H10Cl2N2O. The Morgan fingerprint density at radius 1 is 1.50 bits per heavy atom. The number of aromatic nitrogens is 1. The molecule has 1 atom stereocenters. The Morgan fingerprint density at radius 2 is 2.36 bits per heavy atom. The predicted molar refractivity (Wildman–Crippen MR) is 55.8 cm³/mol. The molecule has 14 heavy (non-hydrogen) atoms. The Bertz CT molecular complexity index is 327. The standard InChI is InChI=1S/C9H10Cl2N2O/c10-6-3-7(11)9(13-4-6)8-5-14-2-1-12-8/h3-4,8,12H,1-2,5H2. The van der Waals surface area contributed by atoms with Gasteiger partial charge in [0.2, 0.25) is 0 Å². The van der Waals surface area contributed by atoms with Crippen molar-refractivity contribution < 1.29 is 4.74 Å². The third-order valence-electron chi connectivity index (χ3n) is 2.09. The maximum Gasteiger partial charge on any atom is 0.0783 e. The van der Waals surface area contributed by atoms with E-state index < -0.39 is 0 Å². The number of halogens is 2. The van der Waals surface area contributed by atoms with Gasteiger partial charge < -0.3 is 10.1 Å². The molecule has 0 aliphatic carbocycles. The van der Waals surface area contributed by atoms with Crippen LogP contribution in [0.4, 0.5) is 0 Å². The highest BCUT2D eigenvalue weighted by atomic mass is 35.5. The molecule has 2 heterocycles. The van der Waals surface area contributed by atoms with Crippen molar-refractivity contribution in [3.8, 4) is 0 Å². The SMILES string of the molecule is Clc1cnc(C2COCCN2)c(Cl)c1. The molecule has 1 unspecified atom stereocenters. The van der Waals surface area contributed by atoms with E-state index in [9.17, 15) is 0 Å². The molecule has 0 radical (unpaired) electrons. The van der Waals surface area contributed by atoms with Crippen LogP contribution in [0.2, 0.25) is 10.0 Å². The lowest BCUT2D eigenvalue weighted by molar-refractivity contribution is 0.0756. The fourth-order valence-electron chi connectivity index (χ4n) is 1.42. The lowest BCUT2D eigenvalue weighted by Gasteiger charge is -2.23. The lowest BCUT2D eigenvalue weighted by atomic mass is 10.2. The summed E-state index contributed by atoms with van der Waals surface area (Å²) in [7, 11) is 0. The molecule has 0 aromatic carbocycles. The Morgan fingerprint density at radius 3 is 3.00 bits per heavy atom. The molecule has 1 fully saturated rings. The van der Waals surface area contributed by atoms with Gasteiger partial charge in [0, 0.05) is 12.7 Å². The van der Waals surface area contributed by atoms with Crippen LogP contribution in [-0.4, -0.2) is 24.7 Å². The van der Waals surface area contributed by atoms with Crippen molar-refractivity contribution in [2.45, 2.75) is 6.04 Å². The first-order valence-corrected chi connectivity index (χ1v) is 5.15. The zero-order valence-corrected chi connectivity index (χ0v) is 8.98. The number of nitrogens with one attached hydrogen (secondary N) is 1. The number of pyridine rings is 1. The number of nitrogens with zero attached hydrogens (tertiary/aromatic N) is 1. The topological polar surface area (TPSA) is 34.1 Å². The van der Waals surface area contributed by atoms with Gasteiger partial charge in [-0.2, -0.15) is 0 Å². The van der Waals surface area contributed by atoms with Crippen LogP contribution in [0.1, 0.15) is 11.7 Å². The van der Waals surface area contributed by atoms with E-state index in [4.69, 9.17) is 27.9 Å². The fourth-order valence-corrected chi connectivity index (χ4v) is 1.93. The monoisotopic (exact) mass is 232 g/mol. The number of rotatable bonds is 1. The lowest BCUT2D eigenvalue weighted by Crippen LogP contribution is -2.35. The Kier molecular flexibility index (Phi) is 3.23. The molecule has 5 heteroatoms. The first kappa shape index (κ1) is 10.2. The van der Waals surface area contributed by atoms with Crippen molar-refractivity contribution >= 4 is 23.2 Å². The smallest absolute Gasteiger partial charge is 0.0783 e. The summed E-state index contributed by atoms with van der Waals surface area (Å²) in [5.41, 5.74) is 0.802. The molecule has 2 rings (SSSR count). The van der Waals surface area contributed by atoms with Crippen LogP contribution in [0, 0.1) is 0 Å². The summed E-state index contributed by atoms with van der Waals surface area (Å²) in [6.45, 7) is 2.17. The molecule has 1 N–H and O–H groups in total. The van der Waals surface area contributed by atoms with Crippen LogP contribution in [0.5, 0.6) is 0 Å². The zero-order chi connectivity index (χ0) is 9.97. The van der Waals surface area contributed by atoms with E-state index >= 15 is 0 Å². The van der Waals surface area contributed by atoms with Crippen LogP contribution in [-0.2, 0) is 4.74 Å². The second-order valence-corrected chi connectivity index (χ2v) is 3.95. The van der Waals surface area contributed by atoms with E-state index in [0.29, 0.717) is 16.7 Å². The highest BCUT2D eigenvalue weighted by molar-refractivity contribution is 6.34. The largest absolute Gasteiger partial charge is 0.378 e. The summed E-state index contributed by atoms with van der Waals surface area (Å²) in [6.07, 6.45) is 1.60. The molecule has 1 saturated heterocycles. The number of morpholine rings is 1. The van der Waals surface area contributed by atoms with Gasteiger partial charge in [0.1, 0.15) is 0 Å². The molecule has 0 bridgehead atoms. The van der Waals surface area contributed by atoms with Gasteiger partial charge in [0.25, 0.3) is 0 Å². The van der Waals surface area contributed by atoms with Crippen molar-refractivity contribution in [3.63, 3.8) is 0 Å². The zero-order valence-electron chi connectivity index (χ0n) is 7.46. The van der Waals surface area contributed by atoms with Crippen LogP contribution in [0.15, 0.2) is 12.3 Å². The van der Waals surface area contributed by atoms with Crippen LogP contribution in [0.3, 0.4) is 0 Å². The summed E-state index contributed by atoms with van der Waals surface area (Å²) in [5, 5.41) is 4.42. The van der Waals surface area contributed by atoms with E-state index in [2.05, 4.69) is 10.3 Å². The van der Waals surface area contributed by atoms with Crippen molar-refractivity contribution in [2.75, 3.05) is 19.8 Å². The molecule has 3 nitrogen and oxygen atoms in total. The van der Waals surface area contributed by atoms with Gasteiger partial charge in [-0.05, 0) is 6.07 Å². The second kappa shape index (κ2) is 4.45. The first-order valence-electron chi connectivity index (χ1n) is 4.39. The molecule has 0 spiro atoms. The van der Waals surface area contributed by atoms with Crippen LogP contribution in [0.25, 0.3) is 0 Å². The highest BCUT2D eigenvalue weighted by Crippen LogP contribution is 2.24. The van der Waals surface area contributed by atoms with Crippen molar-refractivity contribution in [1.29, 1.82) is 0 Å². The normalized spacial score (nSPS) is 22.3. The molecule has 76 valence electrons. The van der Waals surface area contributed by atoms with E-state index in [1.807, 2.05) is 0 Å². The third-order valence-corrected chi connectivity index (χ3v) is 2.60. The maximum atomic E-state index is 6.02. The molecule has 0 amide bonds. The van der Waals surface area contributed by atoms with Gasteiger partial charge in [-0.3, -0.25) is 4.98 Å². The van der Waals surface area contributed by atoms with E-state index in [1.54, 1.807) is 12.3 Å². The van der Waals surface area contributed by atoms with Crippen LogP contribution < -0.4 is 5.32 Å². The van der Waals surface area contributed by atoms with Gasteiger partial charge in [-0.25, -0.2) is 0 Å². The van der Waals surface area contributed by atoms with Crippen molar-refractivity contribution in [1.82, 2.24) is 10.3 Å². The molecule has 0 saturated carbocycles. The van der Waals surface area contributed by atoms with Gasteiger partial charge in [0.15, 0.2) is 0 Å². The fraction of sp³-hybridized carbons (Fsp3) is 0.444. The van der Waals surface area contributed by atoms with Gasteiger partial charge >= 0.3 is 0 Å². The van der Waals surface area contributed by atoms with Gasteiger partial charge in [-0.1, -0.05) is 23.2 Å². The van der Waals surface area contributed by atoms with E-state index in [0.717, 1.165) is 18.8 Å². The number of hydrogen-bond acceptors (Lipinski definition) is 3. The Labute approximate surface area is 92.4 Å². The summed E-state index contributed by atoms with van der Waals surface area (Å²) in [4.78, 5) is 4.20. The molecule has 1 aromatic heterocycles. The maximum absolute atomic E-state index is 6.02. The summed E-state index contributed by atoms with van der Waals surface area (Å²) in [6, 6.07) is 1.77. The van der Waals surface area contributed by atoms with E-state index in [-0.39, 0.29) is 6.04 Å². The van der Waals surface area contributed by atoms with Gasteiger partial charge in [0.05, 0.1) is 35.0 Å². The number of ether oxygens (including phenoxy) is 1. The Hall–Kier alpha value is -0.350. The minimum atomic E-state index is 0.0773. The Balaban J connectivity index is 2.22. The van der Waals surface area contributed by atoms with Crippen molar-refractivity contribution in [3.05, 3.63) is 28.0 Å². The summed E-state index contributed by atoms with van der Waals surface area (Å²) in [5.74, 6) is 0. The average molecular weight is 233 g/mol. The van der Waals surface area contributed by atoms with Crippen LogP contribution >= 0.6 is 23.2 Å².